The zero-order chi connectivity index (χ0) is 18.7. The summed E-state index contributed by atoms with van der Waals surface area (Å²) in [4.78, 5) is 37.5. The molecule has 0 saturated carbocycles. The number of methoxy groups -OCH3 is 1. The summed E-state index contributed by atoms with van der Waals surface area (Å²) in [5, 5.41) is 6.07. The van der Waals surface area contributed by atoms with E-state index in [1.54, 1.807) is 18.2 Å². The highest BCUT2D eigenvalue weighted by Crippen LogP contribution is 2.27. The van der Waals surface area contributed by atoms with Crippen molar-refractivity contribution < 1.29 is 9.53 Å². The molecule has 2 aromatic rings. The van der Waals surface area contributed by atoms with Crippen molar-refractivity contribution in [2.24, 2.45) is 0 Å². The highest BCUT2D eigenvalue weighted by molar-refractivity contribution is 6.32. The lowest BCUT2D eigenvalue weighted by Crippen LogP contribution is -2.42. The van der Waals surface area contributed by atoms with Gasteiger partial charge in [0.1, 0.15) is 17.1 Å². The Balaban J connectivity index is 1.53. The number of rotatable bonds is 7. The number of amides is 1. The molecule has 1 amide bonds. The molecule has 0 bridgehead atoms. The van der Waals surface area contributed by atoms with Crippen LogP contribution in [0.5, 0.6) is 5.75 Å². The first-order chi connectivity index (χ1) is 12.5. The van der Waals surface area contributed by atoms with Crippen molar-refractivity contribution in [1.29, 1.82) is 0 Å². The molecule has 8 heteroatoms. The largest absolute Gasteiger partial charge is 0.495 e. The SMILES string of the molecule is COc1ccc(NC(=O)CCNc2c(N3CCCC3)c(=O)c2=O)cc1Cl. The van der Waals surface area contributed by atoms with Crippen LogP contribution in [0.1, 0.15) is 19.3 Å². The summed E-state index contributed by atoms with van der Waals surface area (Å²) in [6.07, 6.45) is 2.19. The van der Waals surface area contributed by atoms with E-state index < -0.39 is 10.9 Å². The van der Waals surface area contributed by atoms with Crippen molar-refractivity contribution in [2.75, 3.05) is 42.3 Å². The standard InChI is InChI=1S/C18H20ClN3O4/c1-26-13-5-4-11(10-12(13)19)21-14(23)6-7-20-15-16(18(25)17(15)24)22-8-2-3-9-22/h4-5,10,20H,2-3,6-9H2,1H3,(H,21,23). The lowest BCUT2D eigenvalue weighted by atomic mass is 10.1. The fourth-order valence-corrected chi connectivity index (χ4v) is 3.31. The normalized spacial score (nSPS) is 13.8. The minimum absolute atomic E-state index is 0.155. The van der Waals surface area contributed by atoms with Gasteiger partial charge in [0.15, 0.2) is 0 Å². The lowest BCUT2D eigenvalue weighted by molar-refractivity contribution is -0.115. The Bertz CT molecular complexity index is 883. The highest BCUT2D eigenvalue weighted by atomic mass is 35.5. The van der Waals surface area contributed by atoms with Gasteiger partial charge in [-0.25, -0.2) is 0 Å². The van der Waals surface area contributed by atoms with Crippen molar-refractivity contribution in [3.05, 3.63) is 43.7 Å². The van der Waals surface area contributed by atoms with Crippen LogP contribution in [0, 0.1) is 0 Å². The van der Waals surface area contributed by atoms with Crippen LogP contribution >= 0.6 is 11.6 Å². The number of benzene rings is 1. The molecule has 7 nitrogen and oxygen atoms in total. The molecule has 0 unspecified atom stereocenters. The number of carbonyl (C=O) groups excluding carboxylic acids is 1. The molecule has 1 aliphatic heterocycles. The maximum absolute atomic E-state index is 12.0. The Morgan fingerprint density at radius 3 is 2.62 bits per heavy atom. The molecule has 2 aromatic carbocycles. The van der Waals surface area contributed by atoms with E-state index in [0.717, 1.165) is 25.9 Å². The third-order valence-electron chi connectivity index (χ3n) is 4.40. The van der Waals surface area contributed by atoms with Gasteiger partial charge >= 0.3 is 0 Å². The predicted molar refractivity (Wildman–Crippen MR) is 103 cm³/mol. The summed E-state index contributed by atoms with van der Waals surface area (Å²) >= 11 is 6.02. The number of halogens is 1. The van der Waals surface area contributed by atoms with Crippen molar-refractivity contribution in [3.63, 3.8) is 0 Å². The van der Waals surface area contributed by atoms with Gasteiger partial charge in [0.25, 0.3) is 10.9 Å². The Morgan fingerprint density at radius 1 is 1.23 bits per heavy atom. The minimum Gasteiger partial charge on any atom is -0.495 e. The molecule has 1 aliphatic rings. The molecule has 138 valence electrons. The van der Waals surface area contributed by atoms with Crippen LogP contribution < -0.4 is 31.1 Å². The second-order valence-corrected chi connectivity index (χ2v) is 6.56. The molecule has 0 radical (unpaired) electrons. The van der Waals surface area contributed by atoms with E-state index in [9.17, 15) is 14.4 Å². The molecule has 0 aliphatic carbocycles. The summed E-state index contributed by atoms with van der Waals surface area (Å²) < 4.78 is 5.06. The van der Waals surface area contributed by atoms with Gasteiger partial charge in [-0.2, -0.15) is 0 Å². The summed E-state index contributed by atoms with van der Waals surface area (Å²) in [7, 11) is 1.52. The van der Waals surface area contributed by atoms with Crippen LogP contribution in [0.2, 0.25) is 5.02 Å². The van der Waals surface area contributed by atoms with Crippen LogP contribution in [-0.2, 0) is 4.79 Å². The smallest absolute Gasteiger partial charge is 0.253 e. The Kier molecular flexibility index (Phi) is 5.46. The van der Waals surface area contributed by atoms with Crippen molar-refractivity contribution in [3.8, 4) is 5.75 Å². The van der Waals surface area contributed by atoms with Gasteiger partial charge in [-0.1, -0.05) is 11.6 Å². The number of anilines is 3. The van der Waals surface area contributed by atoms with Gasteiger partial charge in [-0.05, 0) is 31.0 Å². The Labute approximate surface area is 155 Å². The first kappa shape index (κ1) is 18.3. The van der Waals surface area contributed by atoms with E-state index >= 15 is 0 Å². The van der Waals surface area contributed by atoms with E-state index in [1.807, 2.05) is 4.90 Å². The Hall–Kier alpha value is -2.54. The fraction of sp³-hybridized carbons (Fsp3) is 0.389. The first-order valence-electron chi connectivity index (χ1n) is 8.46. The number of nitrogens with zero attached hydrogens (tertiary/aromatic N) is 1. The summed E-state index contributed by atoms with van der Waals surface area (Å²) in [5.41, 5.74) is 0.417. The molecule has 1 saturated heterocycles. The number of hydrogen-bond acceptors (Lipinski definition) is 6. The molecule has 3 rings (SSSR count). The van der Waals surface area contributed by atoms with E-state index in [0.29, 0.717) is 27.8 Å². The zero-order valence-corrected chi connectivity index (χ0v) is 15.2. The maximum atomic E-state index is 12.0. The third-order valence-corrected chi connectivity index (χ3v) is 4.69. The Morgan fingerprint density at radius 2 is 1.96 bits per heavy atom. The van der Waals surface area contributed by atoms with Gasteiger partial charge < -0.3 is 20.3 Å². The average Bonchev–Trinajstić information content (AvgIpc) is 3.14. The van der Waals surface area contributed by atoms with Gasteiger partial charge in [0.2, 0.25) is 5.91 Å². The maximum Gasteiger partial charge on any atom is 0.253 e. The predicted octanol–water partition coefficient (Wildman–Crippen LogP) is 1.99. The monoisotopic (exact) mass is 377 g/mol. The highest BCUT2D eigenvalue weighted by Gasteiger charge is 2.27. The van der Waals surface area contributed by atoms with Gasteiger partial charge in [-0.3, -0.25) is 14.4 Å². The van der Waals surface area contributed by atoms with Crippen LogP contribution in [0.15, 0.2) is 27.8 Å². The topological polar surface area (TPSA) is 87.7 Å². The fourth-order valence-electron chi connectivity index (χ4n) is 3.05. The molecule has 26 heavy (non-hydrogen) atoms. The summed E-state index contributed by atoms with van der Waals surface area (Å²) in [6.45, 7) is 1.85. The average molecular weight is 378 g/mol. The molecular formula is C18H20ClN3O4. The zero-order valence-electron chi connectivity index (χ0n) is 14.4. The van der Waals surface area contributed by atoms with Crippen molar-refractivity contribution >= 4 is 34.6 Å². The van der Waals surface area contributed by atoms with E-state index in [1.165, 1.54) is 7.11 Å². The third kappa shape index (κ3) is 3.67. The van der Waals surface area contributed by atoms with Gasteiger partial charge in [0, 0.05) is 31.7 Å². The first-order valence-corrected chi connectivity index (χ1v) is 8.84. The number of nitrogens with one attached hydrogen (secondary N) is 2. The quantitative estimate of drug-likeness (QED) is 0.717. The van der Waals surface area contributed by atoms with Crippen LogP contribution in [0.3, 0.4) is 0 Å². The van der Waals surface area contributed by atoms with Crippen LogP contribution in [-0.4, -0.2) is 32.7 Å². The molecule has 2 N–H and O–H groups in total. The van der Waals surface area contributed by atoms with E-state index in [4.69, 9.17) is 16.3 Å². The number of ether oxygens (including phenoxy) is 1. The summed E-state index contributed by atoms with van der Waals surface area (Å²) in [6, 6.07) is 4.97. The summed E-state index contributed by atoms with van der Waals surface area (Å²) in [5.74, 6) is 0.307. The second-order valence-electron chi connectivity index (χ2n) is 6.15. The molecule has 0 aromatic heterocycles. The lowest BCUT2D eigenvalue weighted by Gasteiger charge is -2.22. The second kappa shape index (κ2) is 7.78. The van der Waals surface area contributed by atoms with Crippen molar-refractivity contribution in [2.45, 2.75) is 19.3 Å². The molecular weight excluding hydrogens is 358 g/mol. The molecule has 0 spiro atoms. The van der Waals surface area contributed by atoms with Gasteiger partial charge in [0.05, 0.1) is 12.1 Å². The number of carbonyl (C=O) groups is 1. The minimum atomic E-state index is -0.505. The molecule has 0 atom stereocenters. The van der Waals surface area contributed by atoms with Crippen LogP contribution in [0.25, 0.3) is 0 Å². The van der Waals surface area contributed by atoms with E-state index in [2.05, 4.69) is 10.6 Å². The van der Waals surface area contributed by atoms with E-state index in [-0.39, 0.29) is 18.9 Å². The van der Waals surface area contributed by atoms with Gasteiger partial charge in [-0.15, -0.1) is 0 Å². The van der Waals surface area contributed by atoms with Crippen LogP contribution in [0.4, 0.5) is 17.1 Å². The van der Waals surface area contributed by atoms with Crippen molar-refractivity contribution in [1.82, 2.24) is 0 Å². The molecule has 1 heterocycles. The number of hydrogen-bond donors (Lipinski definition) is 2. The molecule has 1 fully saturated rings.